The van der Waals surface area contributed by atoms with E-state index in [0.29, 0.717) is 13.0 Å². The van der Waals surface area contributed by atoms with Crippen LogP contribution in [-0.4, -0.2) is 26.7 Å². The van der Waals surface area contributed by atoms with E-state index in [9.17, 15) is 14.7 Å². The Bertz CT molecular complexity index is 570. The van der Waals surface area contributed by atoms with Crippen LogP contribution in [0.5, 0.6) is 0 Å². The second-order valence-corrected chi connectivity index (χ2v) is 5.94. The highest BCUT2D eigenvalue weighted by atomic mass is 16.4. The van der Waals surface area contributed by atoms with Crippen molar-refractivity contribution >= 4 is 11.8 Å². The minimum Gasteiger partial charge on any atom is -0.481 e. The molecule has 0 aliphatic heterocycles. The van der Waals surface area contributed by atoms with Crippen molar-refractivity contribution in [1.29, 1.82) is 0 Å². The zero-order valence-corrected chi connectivity index (χ0v) is 12.6. The van der Waals surface area contributed by atoms with E-state index in [-0.39, 0.29) is 17.4 Å². The van der Waals surface area contributed by atoms with Crippen LogP contribution in [0.2, 0.25) is 0 Å². The molecule has 0 radical (unpaired) electrons. The number of carboxylic acids is 1. The molecule has 116 valence electrons. The molecule has 6 nitrogen and oxygen atoms in total. The smallest absolute Gasteiger partial charge is 0.311 e. The molecule has 1 aliphatic rings. The maximum absolute atomic E-state index is 12.3. The molecule has 1 aromatic heterocycles. The lowest BCUT2D eigenvalue weighted by molar-refractivity contribution is -0.150. The second-order valence-electron chi connectivity index (χ2n) is 5.94. The van der Waals surface area contributed by atoms with E-state index in [0.717, 1.165) is 25.7 Å². The van der Waals surface area contributed by atoms with Crippen LogP contribution in [0.25, 0.3) is 0 Å². The first-order chi connectivity index (χ1) is 9.99. The Balaban J connectivity index is 2.26. The summed E-state index contributed by atoms with van der Waals surface area (Å²) in [6.07, 6.45) is 7.34. The third-order valence-corrected chi connectivity index (χ3v) is 4.39. The Morgan fingerprint density at radius 3 is 3.00 bits per heavy atom. The number of hydrogen-bond acceptors (Lipinski definition) is 4. The standard InChI is InChI=1S/C15H23N3O3/c1-3-9-18-10-8-16-12(13(18)19)17-11-6-4-5-7-15(11,2)14(20)21/h8,10-11H,3-7,9H2,1-2H3,(H,16,17)(H,20,21). The third-order valence-electron chi connectivity index (χ3n) is 4.39. The average molecular weight is 293 g/mol. The molecule has 2 unspecified atom stereocenters. The van der Waals surface area contributed by atoms with Gasteiger partial charge in [-0.25, -0.2) is 4.98 Å². The molecule has 2 rings (SSSR count). The predicted octanol–water partition coefficient (Wildman–Crippen LogP) is 2.10. The molecule has 0 saturated heterocycles. The Hall–Kier alpha value is -1.85. The van der Waals surface area contributed by atoms with Gasteiger partial charge >= 0.3 is 5.97 Å². The number of nitrogens with zero attached hydrogens (tertiary/aromatic N) is 2. The first-order valence-corrected chi connectivity index (χ1v) is 7.54. The largest absolute Gasteiger partial charge is 0.481 e. The third kappa shape index (κ3) is 3.09. The van der Waals surface area contributed by atoms with Crippen molar-refractivity contribution in [3.05, 3.63) is 22.7 Å². The number of carboxylic acid groups (broad SMARTS) is 1. The minimum atomic E-state index is -0.849. The van der Waals surface area contributed by atoms with Gasteiger partial charge < -0.3 is 15.0 Å². The molecule has 6 heteroatoms. The van der Waals surface area contributed by atoms with Crippen molar-refractivity contribution in [2.45, 2.75) is 58.5 Å². The zero-order chi connectivity index (χ0) is 15.5. The van der Waals surface area contributed by atoms with Crippen LogP contribution in [-0.2, 0) is 11.3 Å². The average Bonchev–Trinajstić information content (AvgIpc) is 2.45. The highest BCUT2D eigenvalue weighted by molar-refractivity contribution is 5.76. The van der Waals surface area contributed by atoms with Gasteiger partial charge in [0.05, 0.1) is 5.41 Å². The van der Waals surface area contributed by atoms with E-state index < -0.39 is 11.4 Å². The summed E-state index contributed by atoms with van der Waals surface area (Å²) in [7, 11) is 0. The number of aromatic nitrogens is 2. The van der Waals surface area contributed by atoms with Crippen molar-refractivity contribution in [3.63, 3.8) is 0 Å². The molecular formula is C15H23N3O3. The summed E-state index contributed by atoms with van der Waals surface area (Å²) in [6.45, 7) is 4.39. The van der Waals surface area contributed by atoms with Crippen LogP contribution in [0.3, 0.4) is 0 Å². The first-order valence-electron chi connectivity index (χ1n) is 7.54. The van der Waals surface area contributed by atoms with Crippen molar-refractivity contribution in [2.24, 2.45) is 5.41 Å². The SMILES string of the molecule is CCCn1ccnc(NC2CCCCC2(C)C(=O)O)c1=O. The normalized spacial score (nSPS) is 25.5. The monoisotopic (exact) mass is 293 g/mol. The maximum atomic E-state index is 12.3. The van der Waals surface area contributed by atoms with Gasteiger partial charge in [0.25, 0.3) is 5.56 Å². The fourth-order valence-electron chi connectivity index (χ4n) is 2.95. The molecule has 0 aromatic carbocycles. The Morgan fingerprint density at radius 1 is 1.57 bits per heavy atom. The Kier molecular flexibility index (Phi) is 4.65. The van der Waals surface area contributed by atoms with E-state index in [1.807, 2.05) is 6.92 Å². The van der Waals surface area contributed by atoms with E-state index in [1.54, 1.807) is 23.9 Å². The van der Waals surface area contributed by atoms with E-state index in [4.69, 9.17) is 0 Å². The topological polar surface area (TPSA) is 84.2 Å². The van der Waals surface area contributed by atoms with Crippen LogP contribution >= 0.6 is 0 Å². The number of anilines is 1. The number of carbonyl (C=O) groups is 1. The van der Waals surface area contributed by atoms with E-state index in [2.05, 4.69) is 10.3 Å². The molecule has 0 spiro atoms. The lowest BCUT2D eigenvalue weighted by atomic mass is 9.71. The van der Waals surface area contributed by atoms with Gasteiger partial charge in [-0.1, -0.05) is 19.8 Å². The van der Waals surface area contributed by atoms with Gasteiger partial charge in [0.15, 0.2) is 5.82 Å². The second kappa shape index (κ2) is 6.28. The molecule has 1 aromatic rings. The molecular weight excluding hydrogens is 270 g/mol. The van der Waals surface area contributed by atoms with Crippen LogP contribution < -0.4 is 10.9 Å². The first kappa shape index (κ1) is 15.5. The van der Waals surface area contributed by atoms with Gasteiger partial charge in [-0.2, -0.15) is 0 Å². The van der Waals surface area contributed by atoms with Gasteiger partial charge in [-0.05, 0) is 26.2 Å². The summed E-state index contributed by atoms with van der Waals surface area (Å²) >= 11 is 0. The van der Waals surface area contributed by atoms with E-state index >= 15 is 0 Å². The van der Waals surface area contributed by atoms with Crippen LogP contribution in [0.1, 0.15) is 46.0 Å². The Labute approximate surface area is 124 Å². The molecule has 0 amide bonds. The minimum absolute atomic E-state index is 0.183. The Morgan fingerprint density at radius 2 is 2.33 bits per heavy atom. The maximum Gasteiger partial charge on any atom is 0.311 e. The summed E-state index contributed by atoms with van der Waals surface area (Å²) in [4.78, 5) is 28.0. The quantitative estimate of drug-likeness (QED) is 0.868. The molecule has 0 bridgehead atoms. The fraction of sp³-hybridized carbons (Fsp3) is 0.667. The number of nitrogens with one attached hydrogen (secondary N) is 1. The van der Waals surface area contributed by atoms with Gasteiger partial charge in [0.1, 0.15) is 0 Å². The highest BCUT2D eigenvalue weighted by Gasteiger charge is 2.43. The molecule has 2 atom stereocenters. The lowest BCUT2D eigenvalue weighted by Crippen LogP contribution is -2.47. The van der Waals surface area contributed by atoms with Crippen molar-refractivity contribution in [3.8, 4) is 0 Å². The van der Waals surface area contributed by atoms with Gasteiger partial charge in [0, 0.05) is 25.0 Å². The van der Waals surface area contributed by atoms with Crippen molar-refractivity contribution < 1.29 is 9.90 Å². The van der Waals surface area contributed by atoms with Crippen LogP contribution in [0, 0.1) is 5.41 Å². The highest BCUT2D eigenvalue weighted by Crippen LogP contribution is 2.37. The van der Waals surface area contributed by atoms with Gasteiger partial charge in [0.2, 0.25) is 0 Å². The summed E-state index contributed by atoms with van der Waals surface area (Å²) in [6, 6.07) is -0.263. The number of aliphatic carboxylic acids is 1. The molecule has 1 saturated carbocycles. The van der Waals surface area contributed by atoms with Gasteiger partial charge in [-0.3, -0.25) is 9.59 Å². The molecule has 1 fully saturated rings. The number of aryl methyl sites for hydroxylation is 1. The van der Waals surface area contributed by atoms with Crippen molar-refractivity contribution in [1.82, 2.24) is 9.55 Å². The number of hydrogen-bond donors (Lipinski definition) is 2. The zero-order valence-electron chi connectivity index (χ0n) is 12.6. The van der Waals surface area contributed by atoms with Crippen LogP contribution in [0.4, 0.5) is 5.82 Å². The van der Waals surface area contributed by atoms with Crippen molar-refractivity contribution in [2.75, 3.05) is 5.32 Å². The molecule has 1 aliphatic carbocycles. The fourth-order valence-corrected chi connectivity index (χ4v) is 2.95. The molecule has 21 heavy (non-hydrogen) atoms. The summed E-state index contributed by atoms with van der Waals surface area (Å²) in [5.41, 5.74) is -1.03. The molecule has 2 N–H and O–H groups in total. The van der Waals surface area contributed by atoms with Gasteiger partial charge in [-0.15, -0.1) is 0 Å². The molecule has 1 heterocycles. The number of rotatable bonds is 5. The lowest BCUT2D eigenvalue weighted by Gasteiger charge is -2.38. The van der Waals surface area contributed by atoms with E-state index in [1.165, 1.54) is 0 Å². The predicted molar refractivity (Wildman–Crippen MR) is 80.4 cm³/mol. The summed E-state index contributed by atoms with van der Waals surface area (Å²) < 4.78 is 1.61. The summed E-state index contributed by atoms with van der Waals surface area (Å²) in [5, 5.41) is 12.6. The summed E-state index contributed by atoms with van der Waals surface area (Å²) in [5.74, 6) is -0.560. The van der Waals surface area contributed by atoms with Crippen LogP contribution in [0.15, 0.2) is 17.2 Å².